The van der Waals surface area contributed by atoms with Gasteiger partial charge in [-0.1, -0.05) is 18.2 Å². The Morgan fingerprint density at radius 3 is 2.50 bits per heavy atom. The molecule has 0 saturated carbocycles. The van der Waals surface area contributed by atoms with Crippen molar-refractivity contribution in [2.24, 2.45) is 0 Å². The van der Waals surface area contributed by atoms with Crippen LogP contribution in [0.15, 0.2) is 42.5 Å². The zero-order chi connectivity index (χ0) is 16.9. The number of rotatable bonds is 6. The van der Waals surface area contributed by atoms with Crippen LogP contribution in [-0.4, -0.2) is 28.1 Å². The van der Waals surface area contributed by atoms with Gasteiger partial charge in [-0.3, -0.25) is 9.00 Å². The first kappa shape index (κ1) is 16.5. The van der Waals surface area contributed by atoms with Crippen molar-refractivity contribution in [2.45, 2.75) is 12.8 Å². The number of ether oxygens (including phenoxy) is 1. The molecule has 0 amide bonds. The van der Waals surface area contributed by atoms with Gasteiger partial charge in [0.25, 0.3) is 0 Å². The molecule has 0 aromatic heterocycles. The molecule has 7 heteroatoms. The Hall–Kier alpha value is -2.38. The summed E-state index contributed by atoms with van der Waals surface area (Å²) in [5.74, 6) is 0.995. The van der Waals surface area contributed by atoms with Crippen LogP contribution in [0.1, 0.15) is 23.2 Å². The highest BCUT2D eigenvalue weighted by atomic mass is 32.2. The Morgan fingerprint density at radius 2 is 1.88 bits per heavy atom. The number of hydrogen-bond acceptors (Lipinski definition) is 5. The van der Waals surface area contributed by atoms with Crippen LogP contribution in [0.4, 0.5) is 11.4 Å². The molecule has 1 fully saturated rings. The molecule has 0 spiro atoms. The average molecular weight is 345 g/mol. The van der Waals surface area contributed by atoms with Crippen molar-refractivity contribution in [3.05, 3.63) is 48.0 Å². The number of anilines is 2. The monoisotopic (exact) mass is 345 g/mol. The van der Waals surface area contributed by atoms with Gasteiger partial charge in [0.05, 0.1) is 11.4 Å². The first-order valence-corrected chi connectivity index (χ1v) is 8.72. The van der Waals surface area contributed by atoms with E-state index in [0.29, 0.717) is 29.0 Å². The lowest BCUT2D eigenvalue weighted by Crippen LogP contribution is -2.19. The summed E-state index contributed by atoms with van der Waals surface area (Å²) in [5.41, 5.74) is 1.36. The van der Waals surface area contributed by atoms with Crippen LogP contribution < -0.4 is 14.4 Å². The van der Waals surface area contributed by atoms with E-state index >= 15 is 0 Å². The normalized spacial score (nSPS) is 15.1. The van der Waals surface area contributed by atoms with E-state index in [1.54, 1.807) is 18.2 Å². The van der Waals surface area contributed by atoms with E-state index < -0.39 is 11.3 Å². The number of para-hydroxylation sites is 1. The summed E-state index contributed by atoms with van der Waals surface area (Å²) in [6.45, 7) is 1.68. The van der Waals surface area contributed by atoms with E-state index in [1.807, 2.05) is 18.2 Å². The number of nitrogens with zero attached hydrogens (tertiary/aromatic N) is 1. The minimum absolute atomic E-state index is 0.249. The molecule has 0 radical (unpaired) electrons. The number of carbonyl (C=O) groups is 1. The zero-order valence-electron chi connectivity index (χ0n) is 12.9. The van der Waals surface area contributed by atoms with E-state index in [0.717, 1.165) is 25.9 Å². The van der Waals surface area contributed by atoms with Gasteiger partial charge < -0.3 is 18.9 Å². The second-order valence-corrected chi connectivity index (χ2v) is 6.15. The molecule has 0 bridgehead atoms. The average Bonchev–Trinajstić information content (AvgIpc) is 3.11. The van der Waals surface area contributed by atoms with Crippen LogP contribution in [0.25, 0.3) is 0 Å². The molecule has 6 nitrogen and oxygen atoms in total. The van der Waals surface area contributed by atoms with Crippen molar-refractivity contribution >= 4 is 28.9 Å². The molecular formula is C17H17N2O4S-. The highest BCUT2D eigenvalue weighted by Crippen LogP contribution is 2.41. The second kappa shape index (κ2) is 7.46. The van der Waals surface area contributed by atoms with Crippen LogP contribution >= 0.6 is 0 Å². The van der Waals surface area contributed by atoms with E-state index in [2.05, 4.69) is 9.62 Å². The fourth-order valence-corrected chi connectivity index (χ4v) is 3.11. The fourth-order valence-electron chi connectivity index (χ4n) is 2.78. The lowest BCUT2D eigenvalue weighted by atomic mass is 10.1. The van der Waals surface area contributed by atoms with Gasteiger partial charge in [0.15, 0.2) is 5.75 Å². The number of hydrogen-bond donors (Lipinski definition) is 1. The molecule has 1 saturated heterocycles. The van der Waals surface area contributed by atoms with Crippen molar-refractivity contribution in [3.63, 3.8) is 0 Å². The van der Waals surface area contributed by atoms with Crippen LogP contribution in [0, 0.1) is 0 Å². The smallest absolute Gasteiger partial charge is 0.174 e. The molecule has 2 aromatic carbocycles. The summed E-state index contributed by atoms with van der Waals surface area (Å²) < 4.78 is 30.6. The molecule has 0 aliphatic carbocycles. The summed E-state index contributed by atoms with van der Waals surface area (Å²) in [6, 6.07) is 12.3. The number of aldehydes is 1. The van der Waals surface area contributed by atoms with Gasteiger partial charge in [0.2, 0.25) is 0 Å². The van der Waals surface area contributed by atoms with Gasteiger partial charge in [-0.05, 0) is 37.1 Å². The number of nitrogens with one attached hydrogen (secondary N) is 1. The lowest BCUT2D eigenvalue weighted by molar-refractivity contribution is 0.112. The van der Waals surface area contributed by atoms with Crippen LogP contribution in [-0.2, 0) is 11.3 Å². The van der Waals surface area contributed by atoms with Crippen molar-refractivity contribution in [2.75, 3.05) is 22.7 Å². The highest BCUT2D eigenvalue weighted by Gasteiger charge is 2.21. The standard InChI is InChI=1S/C17H18N2O4S/c20-12-13-10-15(18-24(21)22)17(23-14-6-2-1-3-7-14)16(11-13)19-8-4-5-9-19/h1-3,6-7,10-12,18H,4-5,8-9H2,(H,21,22)/p-1. The SMILES string of the molecule is O=Cc1cc(NS(=O)[O-])c(Oc2ccccc2)c(N2CCCC2)c1. The van der Waals surface area contributed by atoms with Gasteiger partial charge in [-0.15, -0.1) is 0 Å². The van der Waals surface area contributed by atoms with Crippen molar-refractivity contribution < 1.29 is 18.3 Å². The third-order valence-electron chi connectivity index (χ3n) is 3.83. The Bertz CT molecular complexity index is 746. The predicted octanol–water partition coefficient (Wildman–Crippen LogP) is 3.10. The summed E-state index contributed by atoms with van der Waals surface area (Å²) in [7, 11) is 0. The maximum Gasteiger partial charge on any atom is 0.174 e. The quantitative estimate of drug-likeness (QED) is 0.643. The van der Waals surface area contributed by atoms with Crippen molar-refractivity contribution in [1.82, 2.24) is 0 Å². The molecule has 1 atom stereocenters. The van der Waals surface area contributed by atoms with E-state index in [-0.39, 0.29) is 5.69 Å². The maximum absolute atomic E-state index is 11.2. The Labute approximate surface area is 142 Å². The van der Waals surface area contributed by atoms with Crippen LogP contribution in [0.3, 0.4) is 0 Å². The molecule has 3 rings (SSSR count). The van der Waals surface area contributed by atoms with Gasteiger partial charge in [0, 0.05) is 29.9 Å². The fraction of sp³-hybridized carbons (Fsp3) is 0.235. The summed E-state index contributed by atoms with van der Waals surface area (Å²) in [4.78, 5) is 13.3. The van der Waals surface area contributed by atoms with Crippen molar-refractivity contribution in [3.8, 4) is 11.5 Å². The zero-order valence-corrected chi connectivity index (χ0v) is 13.8. The van der Waals surface area contributed by atoms with E-state index in [4.69, 9.17) is 4.74 Å². The predicted molar refractivity (Wildman–Crippen MR) is 92.3 cm³/mol. The van der Waals surface area contributed by atoms with Crippen molar-refractivity contribution in [1.29, 1.82) is 0 Å². The number of carbonyl (C=O) groups excluding carboxylic acids is 1. The Kier molecular flexibility index (Phi) is 5.12. The van der Waals surface area contributed by atoms with Gasteiger partial charge in [-0.2, -0.15) is 0 Å². The maximum atomic E-state index is 11.2. The molecule has 1 unspecified atom stereocenters. The minimum Gasteiger partial charge on any atom is -0.755 e. The topological polar surface area (TPSA) is 81.7 Å². The molecule has 1 aliphatic heterocycles. The van der Waals surface area contributed by atoms with Gasteiger partial charge in [-0.25, -0.2) is 0 Å². The second-order valence-electron chi connectivity index (χ2n) is 5.48. The molecule has 24 heavy (non-hydrogen) atoms. The van der Waals surface area contributed by atoms with E-state index in [9.17, 15) is 13.6 Å². The molecule has 2 aromatic rings. The third kappa shape index (κ3) is 3.74. The summed E-state index contributed by atoms with van der Waals surface area (Å²) in [6.07, 6.45) is 2.80. The van der Waals surface area contributed by atoms with Gasteiger partial charge in [0.1, 0.15) is 12.0 Å². The minimum atomic E-state index is -2.52. The Balaban J connectivity index is 2.09. The number of benzene rings is 2. The summed E-state index contributed by atoms with van der Waals surface area (Å²) in [5, 5.41) is 0. The highest BCUT2D eigenvalue weighted by molar-refractivity contribution is 7.80. The summed E-state index contributed by atoms with van der Waals surface area (Å²) >= 11 is -2.52. The van der Waals surface area contributed by atoms with Crippen LogP contribution in [0.5, 0.6) is 11.5 Å². The molecule has 126 valence electrons. The third-order valence-corrected chi connectivity index (χ3v) is 4.22. The first-order valence-electron chi connectivity index (χ1n) is 7.64. The molecular weight excluding hydrogens is 328 g/mol. The molecule has 1 N–H and O–H groups in total. The van der Waals surface area contributed by atoms with Gasteiger partial charge >= 0.3 is 0 Å². The van der Waals surface area contributed by atoms with E-state index in [1.165, 1.54) is 6.07 Å². The lowest BCUT2D eigenvalue weighted by Gasteiger charge is -2.24. The molecule has 1 aliphatic rings. The first-order chi connectivity index (χ1) is 11.7. The van der Waals surface area contributed by atoms with Crippen LogP contribution in [0.2, 0.25) is 0 Å². The largest absolute Gasteiger partial charge is 0.755 e. The Morgan fingerprint density at radius 1 is 1.17 bits per heavy atom. The molecule has 1 heterocycles.